The second kappa shape index (κ2) is 9.87. The van der Waals surface area contributed by atoms with Gasteiger partial charge < -0.3 is 5.32 Å². The maximum atomic E-state index is 13.4. The molecule has 1 saturated heterocycles. The molecule has 8 nitrogen and oxygen atoms in total. The van der Waals surface area contributed by atoms with Crippen molar-refractivity contribution in [1.82, 2.24) is 24.6 Å². The van der Waals surface area contributed by atoms with Crippen molar-refractivity contribution in [3.05, 3.63) is 18.2 Å². The zero-order valence-corrected chi connectivity index (χ0v) is 20.0. The third kappa shape index (κ3) is 4.98. The van der Waals surface area contributed by atoms with Crippen LogP contribution in [0.2, 0.25) is 0 Å². The molecule has 1 N–H and O–H groups in total. The summed E-state index contributed by atoms with van der Waals surface area (Å²) in [7, 11) is -3.70. The number of sulfonamides is 1. The van der Waals surface area contributed by atoms with Gasteiger partial charge in [-0.05, 0) is 57.7 Å². The van der Waals surface area contributed by atoms with Crippen LogP contribution in [-0.4, -0.2) is 52.8 Å². The minimum absolute atomic E-state index is 0.00537. The first kappa shape index (κ1) is 23.2. The summed E-state index contributed by atoms with van der Waals surface area (Å²) < 4.78 is 30.0. The molecular formula is C23H35N5O3S. The maximum Gasteiger partial charge on any atom is 0.243 e. The van der Waals surface area contributed by atoms with Crippen molar-refractivity contribution in [2.45, 2.75) is 88.6 Å². The van der Waals surface area contributed by atoms with E-state index in [1.165, 1.54) is 23.6 Å². The van der Waals surface area contributed by atoms with Gasteiger partial charge in [0.25, 0.3) is 0 Å². The number of nitrogens with zero attached hydrogens (tertiary/aromatic N) is 4. The van der Waals surface area contributed by atoms with E-state index >= 15 is 0 Å². The molecule has 32 heavy (non-hydrogen) atoms. The standard InChI is InChI=1S/C23H35N5O3S/c1-17(2)28-22-13-12-20(15-21(22)25-26-28)32(30,31)27-14-8-9-18(16-27)23(29)24-19-10-6-4-3-5-7-11-19/h12-13,15,17-19H,3-11,14,16H2,1-2H3,(H,24,29). The number of carbonyl (C=O) groups excluding carboxylic acids is 1. The average Bonchev–Trinajstić information content (AvgIpc) is 3.19. The summed E-state index contributed by atoms with van der Waals surface area (Å²) in [6.07, 6.45) is 9.53. The van der Waals surface area contributed by atoms with Gasteiger partial charge in [0.15, 0.2) is 0 Å². The topological polar surface area (TPSA) is 97.2 Å². The first-order valence-electron chi connectivity index (χ1n) is 12.0. The van der Waals surface area contributed by atoms with Crippen LogP contribution >= 0.6 is 0 Å². The molecule has 1 aliphatic heterocycles. The Morgan fingerprint density at radius 3 is 2.50 bits per heavy atom. The molecular weight excluding hydrogens is 426 g/mol. The molecule has 1 amide bonds. The molecule has 1 aromatic heterocycles. The largest absolute Gasteiger partial charge is 0.353 e. The molecule has 2 aromatic rings. The molecule has 0 radical (unpaired) electrons. The molecule has 176 valence electrons. The summed E-state index contributed by atoms with van der Waals surface area (Å²) in [5.74, 6) is -0.291. The Morgan fingerprint density at radius 1 is 1.06 bits per heavy atom. The number of fused-ring (bicyclic) bond motifs is 1. The first-order chi connectivity index (χ1) is 15.4. The highest BCUT2D eigenvalue weighted by atomic mass is 32.2. The quantitative estimate of drug-likeness (QED) is 0.733. The lowest BCUT2D eigenvalue weighted by Crippen LogP contribution is -2.47. The van der Waals surface area contributed by atoms with Crippen LogP contribution in [0.5, 0.6) is 0 Å². The monoisotopic (exact) mass is 461 g/mol. The van der Waals surface area contributed by atoms with Gasteiger partial charge in [0.05, 0.1) is 16.3 Å². The number of hydrogen-bond acceptors (Lipinski definition) is 5. The van der Waals surface area contributed by atoms with Gasteiger partial charge in [0.2, 0.25) is 15.9 Å². The van der Waals surface area contributed by atoms with Gasteiger partial charge >= 0.3 is 0 Å². The highest BCUT2D eigenvalue weighted by Crippen LogP contribution is 2.27. The number of carbonyl (C=O) groups is 1. The second-order valence-electron chi connectivity index (χ2n) is 9.53. The number of aromatic nitrogens is 3. The number of hydrogen-bond donors (Lipinski definition) is 1. The van der Waals surface area contributed by atoms with Crippen LogP contribution in [0.3, 0.4) is 0 Å². The van der Waals surface area contributed by atoms with Crippen LogP contribution in [-0.2, 0) is 14.8 Å². The van der Waals surface area contributed by atoms with Gasteiger partial charge in [0, 0.05) is 25.2 Å². The Hall–Kier alpha value is -2.00. The van der Waals surface area contributed by atoms with E-state index in [9.17, 15) is 13.2 Å². The highest BCUT2D eigenvalue weighted by Gasteiger charge is 2.34. The Morgan fingerprint density at radius 2 is 1.78 bits per heavy atom. The molecule has 1 unspecified atom stereocenters. The van der Waals surface area contributed by atoms with E-state index in [-0.39, 0.29) is 35.3 Å². The van der Waals surface area contributed by atoms with Crippen molar-refractivity contribution in [1.29, 1.82) is 0 Å². The second-order valence-corrected chi connectivity index (χ2v) is 11.5. The summed E-state index contributed by atoms with van der Waals surface area (Å²) in [5.41, 5.74) is 1.38. The molecule has 1 atom stereocenters. The van der Waals surface area contributed by atoms with Gasteiger partial charge in [-0.2, -0.15) is 4.31 Å². The molecule has 2 fully saturated rings. The van der Waals surface area contributed by atoms with E-state index in [0.29, 0.717) is 18.5 Å². The van der Waals surface area contributed by atoms with Crippen molar-refractivity contribution >= 4 is 27.0 Å². The third-order valence-electron chi connectivity index (χ3n) is 6.78. The van der Waals surface area contributed by atoms with Crippen molar-refractivity contribution in [2.75, 3.05) is 13.1 Å². The van der Waals surface area contributed by atoms with Gasteiger partial charge in [-0.3, -0.25) is 4.79 Å². The van der Waals surface area contributed by atoms with Crippen molar-refractivity contribution in [3.8, 4) is 0 Å². The van der Waals surface area contributed by atoms with E-state index in [1.807, 2.05) is 13.8 Å². The Balaban J connectivity index is 1.45. The first-order valence-corrected chi connectivity index (χ1v) is 13.5. The summed E-state index contributed by atoms with van der Waals surface area (Å²) in [6.45, 7) is 4.69. The predicted molar refractivity (Wildman–Crippen MR) is 124 cm³/mol. The Kier molecular flexibility index (Phi) is 7.14. The summed E-state index contributed by atoms with van der Waals surface area (Å²) in [6, 6.07) is 5.35. The predicted octanol–water partition coefficient (Wildman–Crippen LogP) is 3.64. The fraction of sp³-hybridized carbons (Fsp3) is 0.696. The molecule has 1 aromatic carbocycles. The van der Waals surface area contributed by atoms with Crippen LogP contribution in [0.4, 0.5) is 0 Å². The SMILES string of the molecule is CC(C)n1nnc2cc(S(=O)(=O)N3CCCC(C(=O)NC4CCCCCCC4)C3)ccc21. The Labute approximate surface area is 190 Å². The molecule has 9 heteroatoms. The zero-order valence-electron chi connectivity index (χ0n) is 19.2. The normalized spacial score (nSPS) is 22.0. The zero-order chi connectivity index (χ0) is 22.7. The van der Waals surface area contributed by atoms with E-state index in [4.69, 9.17) is 0 Å². The van der Waals surface area contributed by atoms with Crippen molar-refractivity contribution in [2.24, 2.45) is 5.92 Å². The van der Waals surface area contributed by atoms with Gasteiger partial charge in [-0.15, -0.1) is 5.10 Å². The minimum Gasteiger partial charge on any atom is -0.353 e. The van der Waals surface area contributed by atoms with Gasteiger partial charge in [-0.1, -0.05) is 37.3 Å². The van der Waals surface area contributed by atoms with E-state index < -0.39 is 10.0 Å². The number of benzene rings is 1. The van der Waals surface area contributed by atoms with E-state index in [0.717, 1.165) is 37.6 Å². The third-order valence-corrected chi connectivity index (χ3v) is 8.64. The summed E-state index contributed by atoms with van der Waals surface area (Å²) in [4.78, 5) is 13.2. The lowest BCUT2D eigenvalue weighted by molar-refractivity contribution is -0.126. The van der Waals surface area contributed by atoms with Gasteiger partial charge in [0.1, 0.15) is 5.52 Å². The number of rotatable bonds is 5. The van der Waals surface area contributed by atoms with Crippen LogP contribution in [0.1, 0.15) is 77.7 Å². The van der Waals surface area contributed by atoms with Crippen LogP contribution in [0.25, 0.3) is 11.0 Å². The maximum absolute atomic E-state index is 13.4. The fourth-order valence-corrected chi connectivity index (χ4v) is 6.45. The summed E-state index contributed by atoms with van der Waals surface area (Å²) >= 11 is 0. The molecule has 2 aliphatic rings. The molecule has 0 spiro atoms. The Bertz CT molecular complexity index is 1040. The highest BCUT2D eigenvalue weighted by molar-refractivity contribution is 7.89. The molecule has 2 heterocycles. The molecule has 1 aliphatic carbocycles. The van der Waals surface area contributed by atoms with Crippen LogP contribution < -0.4 is 5.32 Å². The van der Waals surface area contributed by atoms with E-state index in [1.54, 1.807) is 22.9 Å². The molecule has 1 saturated carbocycles. The lowest BCUT2D eigenvalue weighted by Gasteiger charge is -2.32. The fourth-order valence-electron chi connectivity index (χ4n) is 4.91. The number of amides is 1. The van der Waals surface area contributed by atoms with Crippen molar-refractivity contribution in [3.63, 3.8) is 0 Å². The smallest absolute Gasteiger partial charge is 0.243 e. The van der Waals surface area contributed by atoms with Crippen LogP contribution in [0, 0.1) is 5.92 Å². The number of piperidine rings is 1. The average molecular weight is 462 g/mol. The molecule has 4 rings (SSSR count). The lowest BCUT2D eigenvalue weighted by atomic mass is 9.94. The van der Waals surface area contributed by atoms with Crippen LogP contribution in [0.15, 0.2) is 23.1 Å². The molecule has 0 bridgehead atoms. The van der Waals surface area contributed by atoms with E-state index in [2.05, 4.69) is 15.6 Å². The number of nitrogens with one attached hydrogen (secondary N) is 1. The summed E-state index contributed by atoms with van der Waals surface area (Å²) in [5, 5.41) is 11.5. The van der Waals surface area contributed by atoms with Crippen molar-refractivity contribution < 1.29 is 13.2 Å². The van der Waals surface area contributed by atoms with Gasteiger partial charge in [-0.25, -0.2) is 13.1 Å². The minimum atomic E-state index is -3.70.